The molecule has 1 aliphatic heterocycles. The van der Waals surface area contributed by atoms with Gasteiger partial charge in [0.2, 0.25) is 0 Å². The molecule has 4 heteroatoms. The number of anilines is 1. The molecule has 25 heavy (non-hydrogen) atoms. The minimum absolute atomic E-state index is 0.158. The summed E-state index contributed by atoms with van der Waals surface area (Å²) >= 11 is 0. The SMILES string of the molecule is O=C(O)c1cccc2c1N[C@H](c1ccccc1F)[C@@H]1[C@@H]3CC[C@@H](C3)[C@H]21. The number of halogens is 1. The summed E-state index contributed by atoms with van der Waals surface area (Å²) in [6, 6.07) is 12.3. The molecule has 2 aliphatic carbocycles. The Kier molecular flexibility index (Phi) is 3.18. The fourth-order valence-electron chi connectivity index (χ4n) is 5.73. The molecule has 3 aliphatic rings. The summed E-state index contributed by atoms with van der Waals surface area (Å²) in [7, 11) is 0. The first-order valence-corrected chi connectivity index (χ1v) is 9.02. The maximum Gasteiger partial charge on any atom is 0.337 e. The minimum Gasteiger partial charge on any atom is -0.478 e. The van der Waals surface area contributed by atoms with Gasteiger partial charge >= 0.3 is 5.97 Å². The lowest BCUT2D eigenvalue weighted by Gasteiger charge is -2.44. The summed E-state index contributed by atoms with van der Waals surface area (Å²) < 4.78 is 14.6. The average molecular weight is 337 g/mol. The number of rotatable bonds is 2. The molecule has 5 atom stereocenters. The number of benzene rings is 2. The van der Waals surface area contributed by atoms with Crippen molar-refractivity contribution in [2.75, 3.05) is 5.32 Å². The highest BCUT2D eigenvalue weighted by molar-refractivity contribution is 5.95. The molecule has 0 saturated heterocycles. The van der Waals surface area contributed by atoms with Gasteiger partial charge < -0.3 is 10.4 Å². The second-order valence-corrected chi connectivity index (χ2v) is 7.65. The van der Waals surface area contributed by atoms with Crippen molar-refractivity contribution in [1.29, 1.82) is 0 Å². The van der Waals surface area contributed by atoms with E-state index in [9.17, 15) is 14.3 Å². The fourth-order valence-corrected chi connectivity index (χ4v) is 5.73. The molecule has 0 spiro atoms. The fraction of sp³-hybridized carbons (Fsp3) is 0.381. The number of para-hydroxylation sites is 1. The van der Waals surface area contributed by atoms with E-state index in [4.69, 9.17) is 0 Å². The van der Waals surface area contributed by atoms with Gasteiger partial charge in [-0.2, -0.15) is 0 Å². The van der Waals surface area contributed by atoms with Crippen LogP contribution in [0.25, 0.3) is 0 Å². The average Bonchev–Trinajstić information content (AvgIpc) is 3.23. The Morgan fingerprint density at radius 1 is 1.04 bits per heavy atom. The van der Waals surface area contributed by atoms with E-state index >= 15 is 0 Å². The smallest absolute Gasteiger partial charge is 0.337 e. The van der Waals surface area contributed by atoms with Gasteiger partial charge in [-0.3, -0.25) is 0 Å². The standard InChI is InChI=1S/C21H20FNO2/c22-16-7-2-1-4-13(16)20-18-12-9-8-11(10-12)17(18)14-5-3-6-15(21(24)25)19(14)23-20/h1-7,11-12,17-18,20,23H,8-10H2,(H,24,25)/t11-,12+,17+,18+,20+/m0/s1. The summed E-state index contributed by atoms with van der Waals surface area (Å²) in [6.07, 6.45) is 3.58. The molecule has 2 fully saturated rings. The van der Waals surface area contributed by atoms with E-state index in [2.05, 4.69) is 11.4 Å². The van der Waals surface area contributed by atoms with Gasteiger partial charge in [-0.15, -0.1) is 0 Å². The van der Waals surface area contributed by atoms with Crippen molar-refractivity contribution < 1.29 is 14.3 Å². The lowest BCUT2D eigenvalue weighted by atomic mass is 9.67. The largest absolute Gasteiger partial charge is 0.478 e. The minimum atomic E-state index is -0.932. The Morgan fingerprint density at radius 2 is 1.80 bits per heavy atom. The van der Waals surface area contributed by atoms with Crippen molar-refractivity contribution in [3.63, 3.8) is 0 Å². The van der Waals surface area contributed by atoms with E-state index in [0.717, 1.165) is 5.56 Å². The molecular formula is C21H20FNO2. The van der Waals surface area contributed by atoms with Gasteiger partial charge in [0.1, 0.15) is 5.82 Å². The third-order valence-electron chi connectivity index (χ3n) is 6.59. The van der Waals surface area contributed by atoms with Gasteiger partial charge in [0.15, 0.2) is 0 Å². The number of hydrogen-bond acceptors (Lipinski definition) is 2. The highest BCUT2D eigenvalue weighted by atomic mass is 19.1. The number of carbonyl (C=O) groups is 1. The van der Waals surface area contributed by atoms with E-state index in [1.807, 2.05) is 18.2 Å². The molecule has 2 aromatic rings. The second kappa shape index (κ2) is 5.32. The molecule has 2 saturated carbocycles. The van der Waals surface area contributed by atoms with Crippen molar-refractivity contribution in [3.8, 4) is 0 Å². The van der Waals surface area contributed by atoms with Crippen LogP contribution in [0.2, 0.25) is 0 Å². The molecule has 1 heterocycles. The van der Waals surface area contributed by atoms with Crippen molar-refractivity contribution >= 4 is 11.7 Å². The lowest BCUT2D eigenvalue weighted by Crippen LogP contribution is -2.36. The molecule has 0 radical (unpaired) electrons. The first-order chi connectivity index (χ1) is 12.1. The summed E-state index contributed by atoms with van der Waals surface area (Å²) in [6.45, 7) is 0. The predicted octanol–water partition coefficient (Wildman–Crippen LogP) is 4.82. The molecule has 2 bridgehead atoms. The van der Waals surface area contributed by atoms with Crippen molar-refractivity contribution in [3.05, 3.63) is 65.0 Å². The molecule has 3 nitrogen and oxygen atoms in total. The Hall–Kier alpha value is -2.36. The number of fused-ring (bicyclic) bond motifs is 7. The molecule has 5 rings (SSSR count). The summed E-state index contributed by atoms with van der Waals surface area (Å²) in [5.74, 6) is 0.713. The highest BCUT2D eigenvalue weighted by Crippen LogP contribution is 2.64. The van der Waals surface area contributed by atoms with E-state index in [-0.39, 0.29) is 11.9 Å². The third-order valence-corrected chi connectivity index (χ3v) is 6.59. The zero-order valence-corrected chi connectivity index (χ0v) is 13.8. The Bertz CT molecular complexity index is 865. The van der Waals surface area contributed by atoms with E-state index in [1.54, 1.807) is 12.1 Å². The molecule has 0 amide bonds. The quantitative estimate of drug-likeness (QED) is 0.826. The van der Waals surface area contributed by atoms with E-state index < -0.39 is 5.97 Å². The number of carboxylic acid groups (broad SMARTS) is 1. The highest BCUT2D eigenvalue weighted by Gasteiger charge is 2.54. The molecular weight excluding hydrogens is 317 g/mol. The van der Waals surface area contributed by atoms with Crippen molar-refractivity contribution in [2.24, 2.45) is 17.8 Å². The van der Waals surface area contributed by atoms with Crippen LogP contribution >= 0.6 is 0 Å². The summed E-state index contributed by atoms with van der Waals surface area (Å²) in [5.41, 5.74) is 2.76. The van der Waals surface area contributed by atoms with Gasteiger partial charge in [-0.1, -0.05) is 30.3 Å². The predicted molar refractivity (Wildman–Crippen MR) is 93.2 cm³/mol. The van der Waals surface area contributed by atoms with Crippen LogP contribution in [0.1, 0.15) is 52.7 Å². The topological polar surface area (TPSA) is 49.3 Å². The maximum atomic E-state index is 14.6. The zero-order valence-electron chi connectivity index (χ0n) is 13.8. The van der Waals surface area contributed by atoms with Gasteiger partial charge in [0, 0.05) is 5.56 Å². The summed E-state index contributed by atoms with van der Waals surface area (Å²) in [4.78, 5) is 11.7. The van der Waals surface area contributed by atoms with Gasteiger partial charge in [0.25, 0.3) is 0 Å². The number of nitrogens with one attached hydrogen (secondary N) is 1. The van der Waals surface area contributed by atoms with Crippen molar-refractivity contribution in [2.45, 2.75) is 31.2 Å². The number of aromatic carboxylic acids is 1. The van der Waals surface area contributed by atoms with E-state index in [1.165, 1.54) is 25.3 Å². The normalized spacial score (nSPS) is 32.0. The van der Waals surface area contributed by atoms with E-state index in [0.29, 0.717) is 40.5 Å². The first-order valence-electron chi connectivity index (χ1n) is 9.02. The number of carboxylic acids is 1. The van der Waals surface area contributed by atoms with Crippen LogP contribution in [0.3, 0.4) is 0 Å². The van der Waals surface area contributed by atoms with Crippen LogP contribution in [0.4, 0.5) is 10.1 Å². The molecule has 128 valence electrons. The molecule has 0 aromatic heterocycles. The summed E-state index contributed by atoms with van der Waals surface area (Å²) in [5, 5.41) is 13.1. The van der Waals surface area contributed by atoms with Crippen LogP contribution in [0.5, 0.6) is 0 Å². The second-order valence-electron chi connectivity index (χ2n) is 7.65. The first kappa shape index (κ1) is 14.9. The number of hydrogen-bond donors (Lipinski definition) is 2. The van der Waals surface area contributed by atoms with Gasteiger partial charge in [0.05, 0.1) is 17.3 Å². The van der Waals surface area contributed by atoms with Crippen LogP contribution in [-0.2, 0) is 0 Å². The lowest BCUT2D eigenvalue weighted by molar-refractivity contribution is 0.0697. The van der Waals surface area contributed by atoms with Crippen LogP contribution in [0, 0.1) is 23.6 Å². The monoisotopic (exact) mass is 337 g/mol. The molecule has 2 N–H and O–H groups in total. The van der Waals surface area contributed by atoms with Crippen LogP contribution < -0.4 is 5.32 Å². The zero-order chi connectivity index (χ0) is 17.1. The molecule has 0 unspecified atom stereocenters. The van der Waals surface area contributed by atoms with Crippen LogP contribution in [0.15, 0.2) is 42.5 Å². The Labute approximate surface area is 145 Å². The van der Waals surface area contributed by atoms with Gasteiger partial charge in [-0.25, -0.2) is 9.18 Å². The van der Waals surface area contributed by atoms with Crippen LogP contribution in [-0.4, -0.2) is 11.1 Å². The maximum absolute atomic E-state index is 14.6. The Balaban J connectivity index is 1.70. The van der Waals surface area contributed by atoms with Gasteiger partial charge in [-0.05, 0) is 60.6 Å². The third kappa shape index (κ3) is 2.06. The Morgan fingerprint density at radius 3 is 2.60 bits per heavy atom. The molecule has 2 aromatic carbocycles. The van der Waals surface area contributed by atoms with Crippen molar-refractivity contribution in [1.82, 2.24) is 0 Å².